The number of H-pyrrole nitrogens is 1. The molecular weight excluding hydrogens is 164 g/mol. The normalized spacial score (nSPS) is 10.6. The lowest BCUT2D eigenvalue weighted by Crippen LogP contribution is -2.04. The zero-order chi connectivity index (χ0) is 9.26. The molecule has 0 aromatic carbocycles. The first kappa shape index (κ1) is 8.04. The number of hydrogen-bond acceptors (Lipinski definition) is 2. The molecule has 4 heteroatoms. The maximum atomic E-state index is 4.35. The van der Waals surface area contributed by atoms with Crippen LogP contribution in [0.15, 0.2) is 18.3 Å². The van der Waals surface area contributed by atoms with Crippen LogP contribution in [0.4, 0.5) is 0 Å². The maximum Gasteiger partial charge on any atom is 0.0828 e. The Labute approximate surface area is 76.6 Å². The summed E-state index contributed by atoms with van der Waals surface area (Å²) in [5.74, 6) is 0. The van der Waals surface area contributed by atoms with Gasteiger partial charge in [0, 0.05) is 11.9 Å². The minimum absolute atomic E-state index is 0.764. The van der Waals surface area contributed by atoms with E-state index in [9.17, 15) is 0 Å². The Hall–Kier alpha value is -1.58. The van der Waals surface area contributed by atoms with E-state index in [0.29, 0.717) is 0 Å². The highest BCUT2D eigenvalue weighted by Gasteiger charge is 2.01. The Morgan fingerprint density at radius 2 is 2.31 bits per heavy atom. The van der Waals surface area contributed by atoms with Gasteiger partial charge in [0.15, 0.2) is 0 Å². The van der Waals surface area contributed by atoms with Gasteiger partial charge in [0.1, 0.15) is 0 Å². The number of aromatic amines is 1. The van der Waals surface area contributed by atoms with Gasteiger partial charge in [0.2, 0.25) is 0 Å². The molecule has 0 aliphatic heterocycles. The molecule has 0 aliphatic carbocycles. The Kier molecular flexibility index (Phi) is 1.88. The second kappa shape index (κ2) is 3.05. The van der Waals surface area contributed by atoms with E-state index in [1.807, 2.05) is 17.7 Å². The summed E-state index contributed by atoms with van der Waals surface area (Å²) < 4.78 is 1.96. The van der Waals surface area contributed by atoms with Crippen molar-refractivity contribution in [2.75, 3.05) is 0 Å². The Bertz CT molecular complexity index is 386. The summed E-state index contributed by atoms with van der Waals surface area (Å²) in [5.41, 5.74) is 3.30. The Morgan fingerprint density at radius 1 is 1.46 bits per heavy atom. The summed E-state index contributed by atoms with van der Waals surface area (Å²) in [6, 6.07) is 4.02. The summed E-state index contributed by atoms with van der Waals surface area (Å²) >= 11 is 0. The summed E-state index contributed by atoms with van der Waals surface area (Å²) in [7, 11) is 0. The smallest absolute Gasteiger partial charge is 0.0828 e. The topological polar surface area (TPSA) is 46.5 Å². The predicted octanol–water partition coefficient (Wildman–Crippen LogP) is 1.27. The molecule has 0 unspecified atom stereocenters. The van der Waals surface area contributed by atoms with Gasteiger partial charge in [0.25, 0.3) is 0 Å². The van der Waals surface area contributed by atoms with Crippen molar-refractivity contribution in [1.82, 2.24) is 20.0 Å². The molecule has 2 aromatic heterocycles. The first-order chi connectivity index (χ1) is 6.25. The standard InChI is InChI=1S/C9H12N4/c1-7-5-8(2)13(12-7)6-9-3-4-10-11-9/h3-5H,6H2,1-2H3,(H,10,11). The van der Waals surface area contributed by atoms with Gasteiger partial charge < -0.3 is 0 Å². The van der Waals surface area contributed by atoms with E-state index in [0.717, 1.165) is 17.9 Å². The summed E-state index contributed by atoms with van der Waals surface area (Å²) in [6.07, 6.45) is 1.75. The van der Waals surface area contributed by atoms with Crippen molar-refractivity contribution in [3.8, 4) is 0 Å². The highest BCUT2D eigenvalue weighted by Crippen LogP contribution is 2.04. The van der Waals surface area contributed by atoms with Crippen LogP contribution in [-0.4, -0.2) is 20.0 Å². The molecule has 0 radical (unpaired) electrons. The van der Waals surface area contributed by atoms with Crippen molar-refractivity contribution in [1.29, 1.82) is 0 Å². The molecule has 0 spiro atoms. The molecule has 2 aromatic rings. The van der Waals surface area contributed by atoms with Crippen LogP contribution in [-0.2, 0) is 6.54 Å². The lowest BCUT2D eigenvalue weighted by atomic mass is 10.4. The van der Waals surface area contributed by atoms with Gasteiger partial charge in [-0.3, -0.25) is 9.78 Å². The quantitative estimate of drug-likeness (QED) is 0.749. The van der Waals surface area contributed by atoms with Gasteiger partial charge in [-0.1, -0.05) is 0 Å². The minimum atomic E-state index is 0.764. The number of hydrogen-bond donors (Lipinski definition) is 1. The van der Waals surface area contributed by atoms with Crippen LogP contribution >= 0.6 is 0 Å². The molecule has 0 amide bonds. The fourth-order valence-electron chi connectivity index (χ4n) is 1.37. The first-order valence-corrected chi connectivity index (χ1v) is 4.25. The van der Waals surface area contributed by atoms with Crippen molar-refractivity contribution in [2.24, 2.45) is 0 Å². The number of nitrogens with zero attached hydrogens (tertiary/aromatic N) is 3. The molecule has 2 rings (SSSR count). The molecule has 0 bridgehead atoms. The molecule has 1 N–H and O–H groups in total. The van der Waals surface area contributed by atoms with E-state index in [2.05, 4.69) is 28.3 Å². The average molecular weight is 176 g/mol. The van der Waals surface area contributed by atoms with Crippen LogP contribution in [0.1, 0.15) is 17.1 Å². The van der Waals surface area contributed by atoms with Gasteiger partial charge in [-0.15, -0.1) is 0 Å². The number of nitrogens with one attached hydrogen (secondary N) is 1. The van der Waals surface area contributed by atoms with E-state index >= 15 is 0 Å². The molecular formula is C9H12N4. The summed E-state index contributed by atoms with van der Waals surface area (Å²) in [5, 5.41) is 11.2. The molecule has 68 valence electrons. The monoisotopic (exact) mass is 176 g/mol. The highest BCUT2D eigenvalue weighted by atomic mass is 15.3. The van der Waals surface area contributed by atoms with Gasteiger partial charge in [-0.25, -0.2) is 0 Å². The summed E-state index contributed by atoms with van der Waals surface area (Å²) in [4.78, 5) is 0. The largest absolute Gasteiger partial charge is 0.281 e. The highest BCUT2D eigenvalue weighted by molar-refractivity contribution is 5.09. The zero-order valence-corrected chi connectivity index (χ0v) is 7.78. The summed E-state index contributed by atoms with van der Waals surface area (Å²) in [6.45, 7) is 4.81. The fraction of sp³-hybridized carbons (Fsp3) is 0.333. The molecule has 0 saturated carbocycles. The van der Waals surface area contributed by atoms with Crippen molar-refractivity contribution in [3.63, 3.8) is 0 Å². The number of aromatic nitrogens is 4. The van der Waals surface area contributed by atoms with Crippen molar-refractivity contribution >= 4 is 0 Å². The third-order valence-corrected chi connectivity index (χ3v) is 1.98. The molecule has 4 nitrogen and oxygen atoms in total. The second-order valence-electron chi connectivity index (χ2n) is 3.17. The maximum absolute atomic E-state index is 4.35. The molecule has 0 saturated heterocycles. The molecule has 2 heterocycles. The number of aryl methyl sites for hydroxylation is 2. The average Bonchev–Trinajstić information content (AvgIpc) is 2.63. The molecule has 0 aliphatic rings. The van der Waals surface area contributed by atoms with Crippen molar-refractivity contribution in [3.05, 3.63) is 35.4 Å². The van der Waals surface area contributed by atoms with E-state index in [1.54, 1.807) is 6.20 Å². The molecule has 0 atom stereocenters. The number of rotatable bonds is 2. The SMILES string of the molecule is Cc1cc(C)n(Cc2ccn[nH]2)n1. The van der Waals surface area contributed by atoms with E-state index in [4.69, 9.17) is 0 Å². The van der Waals surface area contributed by atoms with Crippen LogP contribution in [0, 0.1) is 13.8 Å². The third-order valence-electron chi connectivity index (χ3n) is 1.98. The fourth-order valence-corrected chi connectivity index (χ4v) is 1.37. The van der Waals surface area contributed by atoms with Crippen LogP contribution < -0.4 is 0 Å². The van der Waals surface area contributed by atoms with E-state index < -0.39 is 0 Å². The second-order valence-corrected chi connectivity index (χ2v) is 3.17. The van der Waals surface area contributed by atoms with Gasteiger partial charge in [0.05, 0.1) is 17.9 Å². The Balaban J connectivity index is 2.23. The van der Waals surface area contributed by atoms with Crippen LogP contribution in [0.2, 0.25) is 0 Å². The lowest BCUT2D eigenvalue weighted by Gasteiger charge is -2.00. The predicted molar refractivity (Wildman–Crippen MR) is 49.4 cm³/mol. The molecule has 0 fully saturated rings. The van der Waals surface area contributed by atoms with E-state index in [-0.39, 0.29) is 0 Å². The van der Waals surface area contributed by atoms with Gasteiger partial charge in [-0.2, -0.15) is 10.2 Å². The minimum Gasteiger partial charge on any atom is -0.281 e. The van der Waals surface area contributed by atoms with Crippen LogP contribution in [0.3, 0.4) is 0 Å². The van der Waals surface area contributed by atoms with Crippen molar-refractivity contribution < 1.29 is 0 Å². The third kappa shape index (κ3) is 1.61. The van der Waals surface area contributed by atoms with E-state index in [1.165, 1.54) is 5.69 Å². The molecule has 13 heavy (non-hydrogen) atoms. The van der Waals surface area contributed by atoms with Gasteiger partial charge >= 0.3 is 0 Å². The lowest BCUT2D eigenvalue weighted by molar-refractivity contribution is 0.645. The van der Waals surface area contributed by atoms with Crippen LogP contribution in [0.25, 0.3) is 0 Å². The van der Waals surface area contributed by atoms with Crippen molar-refractivity contribution in [2.45, 2.75) is 20.4 Å². The zero-order valence-electron chi connectivity index (χ0n) is 7.78. The van der Waals surface area contributed by atoms with Crippen LogP contribution in [0.5, 0.6) is 0 Å². The van der Waals surface area contributed by atoms with Gasteiger partial charge in [-0.05, 0) is 26.0 Å². The first-order valence-electron chi connectivity index (χ1n) is 4.25. The Morgan fingerprint density at radius 3 is 2.85 bits per heavy atom.